The molecular formula is C3H7AlO2. The Morgan fingerprint density at radius 3 is 2.33 bits per heavy atom. The Bertz CT molecular complexity index is 52.8. The van der Waals surface area contributed by atoms with Gasteiger partial charge in [0.15, 0.2) is 0 Å². The number of carbonyl (C=O) groups is 1. The summed E-state index contributed by atoms with van der Waals surface area (Å²) in [7, 11) is 0. The van der Waals surface area contributed by atoms with Crippen LogP contribution in [-0.2, 0) is 4.79 Å². The zero-order valence-corrected chi connectivity index (χ0v) is 5.77. The minimum atomic E-state index is -0.676. The van der Waals surface area contributed by atoms with Crippen molar-refractivity contribution in [2.24, 2.45) is 0 Å². The number of hydrogen-bond donors (Lipinski definition) is 1. The minimum absolute atomic E-state index is 0.353. The van der Waals surface area contributed by atoms with Crippen LogP contribution in [0.3, 0.4) is 0 Å². The highest BCUT2D eigenvalue weighted by atomic mass is 27.0. The summed E-state index contributed by atoms with van der Waals surface area (Å²) in [6, 6.07) is 0. The molecule has 0 radical (unpaired) electrons. The lowest BCUT2D eigenvalue weighted by molar-refractivity contribution is -0.136. The van der Waals surface area contributed by atoms with Crippen LogP contribution in [-0.4, -0.2) is 27.4 Å². The molecule has 3 heteroatoms. The van der Waals surface area contributed by atoms with Gasteiger partial charge in [-0.1, -0.05) is 5.28 Å². The van der Waals surface area contributed by atoms with Gasteiger partial charge in [0.2, 0.25) is 16.3 Å². The van der Waals surface area contributed by atoms with Gasteiger partial charge in [-0.2, -0.15) is 0 Å². The minimum Gasteiger partial charge on any atom is -0.481 e. The second-order valence-corrected chi connectivity index (χ2v) is 2.14. The van der Waals surface area contributed by atoms with Crippen LogP contribution in [0.2, 0.25) is 5.28 Å². The number of carboxylic acids is 1. The molecule has 0 fully saturated rings. The Morgan fingerprint density at radius 2 is 2.33 bits per heavy atom. The maximum Gasteiger partial charge on any atom is 0.302 e. The van der Waals surface area contributed by atoms with Crippen LogP contribution in [0.15, 0.2) is 0 Å². The van der Waals surface area contributed by atoms with Crippen LogP contribution < -0.4 is 0 Å². The molecule has 0 aliphatic heterocycles. The van der Waals surface area contributed by atoms with Gasteiger partial charge in [0.05, 0.1) is 0 Å². The van der Waals surface area contributed by atoms with Gasteiger partial charge in [-0.25, -0.2) is 0 Å². The Morgan fingerprint density at radius 1 is 1.83 bits per heavy atom. The monoisotopic (exact) mass is 102 g/mol. The van der Waals surface area contributed by atoms with Gasteiger partial charge in [0.25, 0.3) is 0 Å². The van der Waals surface area contributed by atoms with E-state index in [4.69, 9.17) is 5.11 Å². The molecule has 0 bridgehead atoms. The van der Waals surface area contributed by atoms with Crippen molar-refractivity contribution in [1.29, 1.82) is 0 Å². The topological polar surface area (TPSA) is 37.3 Å². The molecule has 34 valence electrons. The predicted molar refractivity (Wildman–Crippen MR) is 25.6 cm³/mol. The van der Waals surface area contributed by atoms with Crippen molar-refractivity contribution < 1.29 is 9.90 Å². The molecular weight excluding hydrogens is 95.0 g/mol. The van der Waals surface area contributed by atoms with Gasteiger partial charge in [0.1, 0.15) is 0 Å². The summed E-state index contributed by atoms with van der Waals surface area (Å²) >= 11 is 1.01. The number of aliphatic carboxylic acids is 1. The van der Waals surface area contributed by atoms with E-state index in [0.29, 0.717) is 6.42 Å². The van der Waals surface area contributed by atoms with Crippen molar-refractivity contribution >= 4 is 22.3 Å². The summed E-state index contributed by atoms with van der Waals surface area (Å²) in [5, 5.41) is 8.81. The first kappa shape index (κ1) is 6.00. The number of carboxylic acid groups (broad SMARTS) is 1. The van der Waals surface area contributed by atoms with Gasteiger partial charge in [-0.15, -0.1) is 0 Å². The fourth-order valence-electron chi connectivity index (χ4n) is 0.214. The average molecular weight is 102 g/mol. The van der Waals surface area contributed by atoms with E-state index in [1.54, 1.807) is 0 Å². The fourth-order valence-corrected chi connectivity index (χ4v) is 0.642. The lowest BCUT2D eigenvalue weighted by Crippen LogP contribution is -1.91. The largest absolute Gasteiger partial charge is 0.481 e. The molecule has 0 rings (SSSR count). The number of rotatable bonds is 2. The van der Waals surface area contributed by atoms with Crippen LogP contribution >= 0.6 is 0 Å². The van der Waals surface area contributed by atoms with E-state index in [1.165, 1.54) is 0 Å². The smallest absolute Gasteiger partial charge is 0.302 e. The molecule has 0 aromatic carbocycles. The first-order chi connectivity index (χ1) is 2.77. The molecule has 0 spiro atoms. The van der Waals surface area contributed by atoms with E-state index >= 15 is 0 Å². The predicted octanol–water partition coefficient (Wildman–Crippen LogP) is -0.487. The Labute approximate surface area is 44.6 Å². The molecule has 1 N–H and O–H groups in total. The van der Waals surface area contributed by atoms with Crippen molar-refractivity contribution in [2.45, 2.75) is 11.7 Å². The summed E-state index contributed by atoms with van der Waals surface area (Å²) in [6.07, 6.45) is 0.353. The van der Waals surface area contributed by atoms with Crippen molar-refractivity contribution in [3.8, 4) is 0 Å². The van der Waals surface area contributed by atoms with Gasteiger partial charge in [0, 0.05) is 6.42 Å². The van der Waals surface area contributed by atoms with Crippen LogP contribution in [0.25, 0.3) is 0 Å². The highest BCUT2D eigenvalue weighted by Crippen LogP contribution is 1.79. The Hall–Kier alpha value is 0.00247. The normalized spacial score (nSPS) is 8.00. The van der Waals surface area contributed by atoms with Crippen LogP contribution in [0.5, 0.6) is 0 Å². The van der Waals surface area contributed by atoms with Gasteiger partial charge in [-0.05, 0) is 0 Å². The lowest BCUT2D eigenvalue weighted by Gasteiger charge is -1.79. The van der Waals surface area contributed by atoms with Gasteiger partial charge < -0.3 is 5.11 Å². The highest BCUT2D eigenvalue weighted by Gasteiger charge is 1.87. The van der Waals surface area contributed by atoms with Crippen LogP contribution in [0, 0.1) is 0 Å². The summed E-state index contributed by atoms with van der Waals surface area (Å²) < 4.78 is 0. The Kier molecular flexibility index (Phi) is 3.20. The molecule has 6 heavy (non-hydrogen) atoms. The van der Waals surface area contributed by atoms with E-state index in [-0.39, 0.29) is 0 Å². The third-order valence-corrected chi connectivity index (χ3v) is 0.964. The van der Waals surface area contributed by atoms with E-state index in [1.807, 2.05) is 0 Å². The molecule has 0 heterocycles. The van der Waals surface area contributed by atoms with Crippen molar-refractivity contribution in [3.05, 3.63) is 0 Å². The number of hydrogen-bond acceptors (Lipinski definition) is 1. The molecule has 0 aromatic rings. The lowest BCUT2D eigenvalue weighted by atomic mass is 10.5. The molecule has 0 saturated carbocycles. The van der Waals surface area contributed by atoms with Crippen LogP contribution in [0.4, 0.5) is 0 Å². The highest BCUT2D eigenvalue weighted by molar-refractivity contribution is 6.09. The van der Waals surface area contributed by atoms with Gasteiger partial charge in [-0.3, -0.25) is 4.79 Å². The van der Waals surface area contributed by atoms with E-state index < -0.39 is 5.97 Å². The van der Waals surface area contributed by atoms with Crippen molar-refractivity contribution in [2.75, 3.05) is 0 Å². The van der Waals surface area contributed by atoms with Gasteiger partial charge >= 0.3 is 5.97 Å². The molecule has 0 aromatic heterocycles. The molecule has 0 atom stereocenters. The Balaban J connectivity index is 2.83. The average Bonchev–Trinajstić information content (AvgIpc) is 1.35. The second-order valence-electron chi connectivity index (χ2n) is 1.14. The molecule has 2 nitrogen and oxygen atoms in total. The summed E-state index contributed by atoms with van der Waals surface area (Å²) in [6.45, 7) is 0. The van der Waals surface area contributed by atoms with Crippen LogP contribution in [0.1, 0.15) is 6.42 Å². The zero-order valence-electron chi connectivity index (χ0n) is 3.77. The molecule has 0 unspecified atom stereocenters. The van der Waals surface area contributed by atoms with E-state index in [2.05, 4.69) is 0 Å². The first-order valence-corrected chi connectivity index (χ1v) is 3.40. The van der Waals surface area contributed by atoms with E-state index in [0.717, 1.165) is 21.6 Å². The molecule has 0 saturated heterocycles. The summed E-state index contributed by atoms with van der Waals surface area (Å²) in [5.74, 6) is -0.676. The third-order valence-electron chi connectivity index (χ3n) is 0.464. The molecule has 0 aliphatic rings. The second kappa shape index (κ2) is 3.20. The maximum atomic E-state index is 9.62. The SMILES string of the molecule is O=C(O)C[CH2][AlH2]. The molecule has 0 aliphatic carbocycles. The standard InChI is InChI=1S/C3H5O2.Al.2H/c1-2-3(4)5;;;/h1-2H2,(H,4,5);;;. The van der Waals surface area contributed by atoms with Crippen molar-refractivity contribution in [3.63, 3.8) is 0 Å². The molecule has 0 amide bonds. The summed E-state index contributed by atoms with van der Waals surface area (Å²) in [4.78, 5) is 9.62. The first-order valence-electron chi connectivity index (χ1n) is 1.99. The zero-order chi connectivity index (χ0) is 4.99. The summed E-state index contributed by atoms with van der Waals surface area (Å²) in [5.41, 5.74) is 0. The maximum absolute atomic E-state index is 9.62. The van der Waals surface area contributed by atoms with E-state index in [9.17, 15) is 4.79 Å². The quantitative estimate of drug-likeness (QED) is 0.478. The third kappa shape index (κ3) is 4.00. The van der Waals surface area contributed by atoms with Crippen molar-refractivity contribution in [1.82, 2.24) is 0 Å². The fraction of sp³-hybridized carbons (Fsp3) is 0.667.